The number of amides is 1. The van der Waals surface area contributed by atoms with Gasteiger partial charge in [-0.3, -0.25) is 4.79 Å². The number of halogens is 5. The second-order valence-corrected chi connectivity index (χ2v) is 4.81. The van der Waals surface area contributed by atoms with Crippen LogP contribution in [0.5, 0.6) is 0 Å². The molecule has 0 aromatic heterocycles. The highest BCUT2D eigenvalue weighted by atomic mass is 35.5. The number of hydrogen-bond donors (Lipinski definition) is 0. The summed E-state index contributed by atoms with van der Waals surface area (Å²) in [6.45, 7) is 3.73. The molecule has 114 valence electrons. The lowest BCUT2D eigenvalue weighted by atomic mass is 10.2. The van der Waals surface area contributed by atoms with Gasteiger partial charge in [-0.15, -0.1) is 0 Å². The van der Waals surface area contributed by atoms with Crippen LogP contribution in [0.4, 0.5) is 23.2 Å². The first-order chi connectivity index (χ1) is 9.88. The Morgan fingerprint density at radius 2 is 1.48 bits per heavy atom. The van der Waals surface area contributed by atoms with E-state index in [0.717, 1.165) is 11.0 Å². The molecule has 21 heavy (non-hydrogen) atoms. The van der Waals surface area contributed by atoms with Crippen LogP contribution in [-0.2, 0) is 4.79 Å². The van der Waals surface area contributed by atoms with Crippen molar-refractivity contribution in [2.24, 2.45) is 0 Å². The minimum atomic E-state index is -1.63. The second kappa shape index (κ2) is 5.93. The summed E-state index contributed by atoms with van der Waals surface area (Å²) in [5.74, 6) is -6.65. The smallest absolute Gasteiger partial charge is 0.246 e. The molecule has 0 radical (unpaired) electrons. The average Bonchev–Trinajstić information content (AvgIpc) is 2.51. The number of rotatable bonds is 2. The summed E-state index contributed by atoms with van der Waals surface area (Å²) in [6, 6.07) is 0. The minimum Gasteiger partial charge on any atom is -0.363 e. The van der Waals surface area contributed by atoms with E-state index < -0.39 is 34.0 Å². The normalized spacial score (nSPS) is 15.3. The largest absolute Gasteiger partial charge is 0.363 e. The molecule has 0 saturated carbocycles. The van der Waals surface area contributed by atoms with Gasteiger partial charge in [-0.1, -0.05) is 18.2 Å². The van der Waals surface area contributed by atoms with Crippen LogP contribution in [0.15, 0.2) is 12.7 Å². The third-order valence-corrected chi connectivity index (χ3v) is 3.60. The van der Waals surface area contributed by atoms with Gasteiger partial charge in [0.25, 0.3) is 0 Å². The molecule has 0 bridgehead atoms. The van der Waals surface area contributed by atoms with Crippen LogP contribution in [0, 0.1) is 23.3 Å². The topological polar surface area (TPSA) is 23.6 Å². The van der Waals surface area contributed by atoms with Gasteiger partial charge in [0.15, 0.2) is 23.3 Å². The molecule has 0 N–H and O–H groups in total. The Hall–Kier alpha value is -1.76. The number of anilines is 1. The van der Waals surface area contributed by atoms with Crippen molar-refractivity contribution in [3.63, 3.8) is 0 Å². The molecule has 0 unspecified atom stereocenters. The maximum atomic E-state index is 13.8. The van der Waals surface area contributed by atoms with Gasteiger partial charge in [0, 0.05) is 26.2 Å². The van der Waals surface area contributed by atoms with E-state index >= 15 is 0 Å². The number of piperazine rings is 1. The van der Waals surface area contributed by atoms with E-state index in [2.05, 4.69) is 6.58 Å². The molecular weight excluding hydrogens is 312 g/mol. The molecule has 0 aliphatic carbocycles. The highest BCUT2D eigenvalue weighted by molar-refractivity contribution is 6.31. The molecule has 1 aromatic carbocycles. The highest BCUT2D eigenvalue weighted by Crippen LogP contribution is 2.33. The predicted molar refractivity (Wildman–Crippen MR) is 70.3 cm³/mol. The van der Waals surface area contributed by atoms with Crippen LogP contribution >= 0.6 is 11.6 Å². The van der Waals surface area contributed by atoms with Crippen molar-refractivity contribution in [3.05, 3.63) is 40.9 Å². The van der Waals surface area contributed by atoms with Crippen LogP contribution in [0.25, 0.3) is 0 Å². The van der Waals surface area contributed by atoms with Crippen molar-refractivity contribution in [1.29, 1.82) is 0 Å². The zero-order chi connectivity index (χ0) is 15.7. The molecule has 1 aromatic rings. The molecule has 1 aliphatic heterocycles. The van der Waals surface area contributed by atoms with Crippen molar-refractivity contribution in [3.8, 4) is 0 Å². The molecule has 2 rings (SSSR count). The predicted octanol–water partition coefficient (Wildman–Crippen LogP) is 2.73. The summed E-state index contributed by atoms with van der Waals surface area (Å²) in [7, 11) is 0. The highest BCUT2D eigenvalue weighted by Gasteiger charge is 2.30. The van der Waals surface area contributed by atoms with E-state index in [1.807, 2.05) is 0 Å². The monoisotopic (exact) mass is 322 g/mol. The molecule has 1 heterocycles. The third-order valence-electron chi connectivity index (χ3n) is 3.27. The van der Waals surface area contributed by atoms with Crippen molar-refractivity contribution in [2.45, 2.75) is 0 Å². The number of benzene rings is 1. The Morgan fingerprint density at radius 3 is 1.90 bits per heavy atom. The summed E-state index contributed by atoms with van der Waals surface area (Å²) in [5, 5.41) is -1.21. The fourth-order valence-corrected chi connectivity index (χ4v) is 2.32. The minimum absolute atomic E-state index is 0.0356. The summed E-state index contributed by atoms with van der Waals surface area (Å²) in [6.07, 6.45) is 1.12. The van der Waals surface area contributed by atoms with E-state index in [9.17, 15) is 22.4 Å². The van der Waals surface area contributed by atoms with E-state index in [4.69, 9.17) is 11.6 Å². The number of carbonyl (C=O) groups is 1. The zero-order valence-corrected chi connectivity index (χ0v) is 11.6. The van der Waals surface area contributed by atoms with Gasteiger partial charge in [0.2, 0.25) is 5.91 Å². The van der Waals surface area contributed by atoms with Crippen molar-refractivity contribution >= 4 is 23.2 Å². The van der Waals surface area contributed by atoms with Crippen LogP contribution < -0.4 is 4.90 Å². The summed E-state index contributed by atoms with van der Waals surface area (Å²) in [5.41, 5.74) is -0.805. The fraction of sp³-hybridized carbons (Fsp3) is 0.308. The molecular formula is C13H11ClF4N2O. The lowest BCUT2D eigenvalue weighted by Crippen LogP contribution is -2.49. The van der Waals surface area contributed by atoms with Gasteiger partial charge in [0.1, 0.15) is 10.7 Å². The second-order valence-electron chi connectivity index (χ2n) is 4.43. The Morgan fingerprint density at radius 1 is 1.00 bits per heavy atom. The van der Waals surface area contributed by atoms with Crippen LogP contribution in [0.1, 0.15) is 0 Å². The van der Waals surface area contributed by atoms with Gasteiger partial charge < -0.3 is 9.80 Å². The van der Waals surface area contributed by atoms with Crippen molar-refractivity contribution < 1.29 is 22.4 Å². The van der Waals surface area contributed by atoms with Crippen molar-refractivity contribution in [2.75, 3.05) is 31.1 Å². The lowest BCUT2D eigenvalue weighted by Gasteiger charge is -2.36. The van der Waals surface area contributed by atoms with Gasteiger partial charge in [-0.2, -0.15) is 0 Å². The molecule has 0 atom stereocenters. The molecule has 1 amide bonds. The number of carbonyl (C=O) groups excluding carboxylic acids is 1. The van der Waals surface area contributed by atoms with Crippen LogP contribution in [-0.4, -0.2) is 37.0 Å². The maximum Gasteiger partial charge on any atom is 0.246 e. The van der Waals surface area contributed by atoms with E-state index in [-0.39, 0.29) is 32.1 Å². The number of nitrogens with zero attached hydrogens (tertiary/aromatic N) is 2. The maximum absolute atomic E-state index is 13.8. The van der Waals surface area contributed by atoms with E-state index in [1.165, 1.54) is 4.90 Å². The molecule has 0 spiro atoms. The van der Waals surface area contributed by atoms with E-state index in [0.29, 0.717) is 0 Å². The van der Waals surface area contributed by atoms with E-state index in [1.54, 1.807) is 0 Å². The van der Waals surface area contributed by atoms with Crippen molar-refractivity contribution in [1.82, 2.24) is 4.90 Å². The zero-order valence-electron chi connectivity index (χ0n) is 10.8. The Labute approximate surface area is 123 Å². The fourth-order valence-electron chi connectivity index (χ4n) is 2.15. The van der Waals surface area contributed by atoms with Gasteiger partial charge in [-0.05, 0) is 6.08 Å². The first-order valence-corrected chi connectivity index (χ1v) is 6.44. The van der Waals surface area contributed by atoms with Crippen LogP contribution in [0.2, 0.25) is 5.02 Å². The SMILES string of the molecule is C=CC(=O)N1CCN(c2c(F)c(F)c(Cl)c(F)c2F)CC1. The molecule has 3 nitrogen and oxygen atoms in total. The lowest BCUT2D eigenvalue weighted by molar-refractivity contribution is -0.126. The van der Waals surface area contributed by atoms with Gasteiger partial charge in [0.05, 0.1) is 0 Å². The molecule has 1 aliphatic rings. The summed E-state index contributed by atoms with van der Waals surface area (Å²) >= 11 is 5.17. The standard InChI is InChI=1S/C13H11ClF4N2O/c1-2-7(21)19-3-5-20(6-4-19)13-11(17)9(15)8(14)10(16)12(13)18/h2H,1,3-6H2. The first kappa shape index (κ1) is 15.6. The Balaban J connectivity index is 2.29. The molecule has 8 heteroatoms. The Bertz CT molecular complexity index is 571. The first-order valence-electron chi connectivity index (χ1n) is 6.06. The third kappa shape index (κ3) is 2.70. The summed E-state index contributed by atoms with van der Waals surface area (Å²) < 4.78 is 54.5. The summed E-state index contributed by atoms with van der Waals surface area (Å²) in [4.78, 5) is 14.0. The van der Waals surface area contributed by atoms with Gasteiger partial charge >= 0.3 is 0 Å². The Kier molecular flexibility index (Phi) is 4.41. The number of hydrogen-bond acceptors (Lipinski definition) is 2. The quantitative estimate of drug-likeness (QED) is 0.362. The average molecular weight is 323 g/mol. The molecule has 1 saturated heterocycles. The van der Waals surface area contributed by atoms with Crippen LogP contribution in [0.3, 0.4) is 0 Å². The van der Waals surface area contributed by atoms with Gasteiger partial charge in [-0.25, -0.2) is 17.6 Å². The molecule has 1 fully saturated rings.